The molecular weight excluding hydrogens is 122 g/mol. The predicted octanol–water partition coefficient (Wildman–Crippen LogP) is -0.669. The van der Waals surface area contributed by atoms with Crippen molar-refractivity contribution in [1.29, 1.82) is 0 Å². The van der Waals surface area contributed by atoms with E-state index in [2.05, 4.69) is 0 Å². The van der Waals surface area contributed by atoms with Crippen molar-refractivity contribution in [2.45, 2.75) is 13.8 Å². The van der Waals surface area contributed by atoms with Crippen LogP contribution in [0.4, 0.5) is 0 Å². The Bertz CT molecular complexity index is 118. The van der Waals surface area contributed by atoms with E-state index in [9.17, 15) is 9.59 Å². The molecular formula is C5H9NO3. The molecule has 1 N–H and O–H groups in total. The van der Waals surface area contributed by atoms with Crippen LogP contribution in [0, 0.1) is 0 Å². The Morgan fingerprint density at radius 3 is 1.67 bits per heavy atom. The van der Waals surface area contributed by atoms with Crippen LogP contribution < -0.4 is 0 Å². The standard InChI is InChI=1S/C5H9NO3/c1-4(8)6(3-7)5(2)9/h7H,3H2,1-2H3. The zero-order chi connectivity index (χ0) is 7.44. The van der Waals surface area contributed by atoms with Crippen LogP contribution in [-0.4, -0.2) is 28.6 Å². The minimum Gasteiger partial charge on any atom is -0.376 e. The molecule has 0 unspecified atom stereocenters. The fraction of sp³-hybridized carbons (Fsp3) is 0.600. The third-order valence-electron chi connectivity index (χ3n) is 0.902. The molecule has 2 amide bonds. The smallest absolute Gasteiger partial charge is 0.227 e. The van der Waals surface area contributed by atoms with E-state index >= 15 is 0 Å². The van der Waals surface area contributed by atoms with Crippen LogP contribution in [0.3, 0.4) is 0 Å². The van der Waals surface area contributed by atoms with Crippen LogP contribution in [0.1, 0.15) is 13.8 Å². The molecule has 0 saturated heterocycles. The van der Waals surface area contributed by atoms with E-state index in [1.807, 2.05) is 0 Å². The van der Waals surface area contributed by atoms with Gasteiger partial charge in [-0.2, -0.15) is 0 Å². The first-order valence-corrected chi connectivity index (χ1v) is 2.49. The van der Waals surface area contributed by atoms with Gasteiger partial charge in [-0.3, -0.25) is 14.5 Å². The van der Waals surface area contributed by atoms with Gasteiger partial charge < -0.3 is 5.11 Å². The van der Waals surface area contributed by atoms with Gasteiger partial charge in [-0.05, 0) is 0 Å². The summed E-state index contributed by atoms with van der Waals surface area (Å²) >= 11 is 0. The van der Waals surface area contributed by atoms with Crippen molar-refractivity contribution in [3.63, 3.8) is 0 Å². The molecule has 0 heterocycles. The van der Waals surface area contributed by atoms with Crippen molar-refractivity contribution in [3.8, 4) is 0 Å². The Morgan fingerprint density at radius 2 is 1.67 bits per heavy atom. The molecule has 0 spiro atoms. The second-order valence-corrected chi connectivity index (χ2v) is 1.61. The molecule has 0 rings (SSSR count). The van der Waals surface area contributed by atoms with E-state index in [4.69, 9.17) is 5.11 Å². The Kier molecular flexibility index (Phi) is 2.87. The number of aliphatic hydroxyl groups excluding tert-OH is 1. The average molecular weight is 131 g/mol. The van der Waals surface area contributed by atoms with Gasteiger partial charge in [0.2, 0.25) is 11.8 Å². The average Bonchev–Trinajstić information content (AvgIpc) is 1.64. The van der Waals surface area contributed by atoms with Gasteiger partial charge in [0.15, 0.2) is 0 Å². The van der Waals surface area contributed by atoms with E-state index in [-0.39, 0.29) is 0 Å². The van der Waals surface area contributed by atoms with Crippen molar-refractivity contribution in [3.05, 3.63) is 0 Å². The van der Waals surface area contributed by atoms with Gasteiger partial charge >= 0.3 is 0 Å². The van der Waals surface area contributed by atoms with Crippen LogP contribution in [-0.2, 0) is 9.59 Å². The topological polar surface area (TPSA) is 57.6 Å². The van der Waals surface area contributed by atoms with Gasteiger partial charge in [-0.15, -0.1) is 0 Å². The molecule has 9 heavy (non-hydrogen) atoms. The molecule has 0 atom stereocenters. The number of nitrogens with zero attached hydrogens (tertiary/aromatic N) is 1. The van der Waals surface area contributed by atoms with E-state index < -0.39 is 18.5 Å². The Hall–Kier alpha value is -0.900. The second-order valence-electron chi connectivity index (χ2n) is 1.61. The van der Waals surface area contributed by atoms with Crippen molar-refractivity contribution >= 4 is 11.8 Å². The number of carbonyl (C=O) groups is 2. The van der Waals surface area contributed by atoms with Crippen LogP contribution in [0.25, 0.3) is 0 Å². The number of hydrogen-bond donors (Lipinski definition) is 1. The number of imide groups is 1. The molecule has 0 fully saturated rings. The maximum atomic E-state index is 10.4. The van der Waals surface area contributed by atoms with Crippen LogP contribution in [0.5, 0.6) is 0 Å². The van der Waals surface area contributed by atoms with Crippen LogP contribution in [0.2, 0.25) is 0 Å². The highest BCUT2D eigenvalue weighted by Gasteiger charge is 2.09. The first kappa shape index (κ1) is 8.10. The molecule has 0 aliphatic carbocycles. The number of aliphatic hydroxyl groups is 1. The highest BCUT2D eigenvalue weighted by molar-refractivity contribution is 5.92. The summed E-state index contributed by atoms with van der Waals surface area (Å²) in [4.78, 5) is 21.5. The summed E-state index contributed by atoms with van der Waals surface area (Å²) in [6, 6.07) is 0. The molecule has 0 radical (unpaired) electrons. The minimum atomic E-state index is -0.537. The predicted molar refractivity (Wildman–Crippen MR) is 30.3 cm³/mol. The zero-order valence-corrected chi connectivity index (χ0v) is 5.42. The molecule has 0 aliphatic heterocycles. The lowest BCUT2D eigenvalue weighted by Gasteiger charge is -2.11. The number of amides is 2. The normalized spacial score (nSPS) is 8.78. The summed E-state index contributed by atoms with van der Waals surface area (Å²) in [7, 11) is 0. The molecule has 0 aromatic rings. The van der Waals surface area contributed by atoms with E-state index in [0.717, 1.165) is 4.90 Å². The Balaban J connectivity index is 3.99. The SMILES string of the molecule is CC(=O)N(CO)C(C)=O. The van der Waals surface area contributed by atoms with Gasteiger partial charge in [-0.25, -0.2) is 0 Å². The van der Waals surface area contributed by atoms with Crippen molar-refractivity contribution in [2.24, 2.45) is 0 Å². The zero-order valence-electron chi connectivity index (χ0n) is 5.42. The van der Waals surface area contributed by atoms with E-state index in [0.29, 0.717) is 0 Å². The third-order valence-corrected chi connectivity index (χ3v) is 0.902. The van der Waals surface area contributed by atoms with Gasteiger partial charge in [0.05, 0.1) is 0 Å². The van der Waals surface area contributed by atoms with E-state index in [1.54, 1.807) is 0 Å². The summed E-state index contributed by atoms with van der Waals surface area (Å²) in [5.74, 6) is -0.880. The summed E-state index contributed by atoms with van der Waals surface area (Å²) in [6.45, 7) is 1.90. The Labute approximate surface area is 53.1 Å². The minimum absolute atomic E-state index is 0.440. The maximum absolute atomic E-state index is 10.4. The second kappa shape index (κ2) is 3.19. The van der Waals surface area contributed by atoms with Crippen molar-refractivity contribution in [1.82, 2.24) is 4.90 Å². The summed E-state index contributed by atoms with van der Waals surface area (Å²) in [5, 5.41) is 8.35. The fourth-order valence-corrected chi connectivity index (χ4v) is 0.421. The van der Waals surface area contributed by atoms with Crippen LogP contribution >= 0.6 is 0 Å². The summed E-state index contributed by atoms with van der Waals surface area (Å²) in [6.07, 6.45) is 0. The summed E-state index contributed by atoms with van der Waals surface area (Å²) in [5.41, 5.74) is 0. The lowest BCUT2D eigenvalue weighted by Crippen LogP contribution is -2.33. The van der Waals surface area contributed by atoms with Crippen molar-refractivity contribution in [2.75, 3.05) is 6.73 Å². The van der Waals surface area contributed by atoms with Crippen molar-refractivity contribution < 1.29 is 14.7 Å². The number of hydrogen-bond acceptors (Lipinski definition) is 3. The molecule has 0 bridgehead atoms. The maximum Gasteiger partial charge on any atom is 0.227 e. The highest BCUT2D eigenvalue weighted by atomic mass is 16.3. The molecule has 0 aromatic carbocycles. The van der Waals surface area contributed by atoms with Gasteiger partial charge in [0, 0.05) is 13.8 Å². The van der Waals surface area contributed by atoms with Gasteiger partial charge in [-0.1, -0.05) is 0 Å². The number of carbonyl (C=O) groups excluding carboxylic acids is 2. The van der Waals surface area contributed by atoms with E-state index in [1.165, 1.54) is 13.8 Å². The monoisotopic (exact) mass is 131 g/mol. The molecule has 52 valence electrons. The molecule has 4 heteroatoms. The fourth-order valence-electron chi connectivity index (χ4n) is 0.421. The van der Waals surface area contributed by atoms with Crippen LogP contribution in [0.15, 0.2) is 0 Å². The van der Waals surface area contributed by atoms with Gasteiger partial charge in [0.25, 0.3) is 0 Å². The molecule has 0 aliphatic rings. The highest BCUT2D eigenvalue weighted by Crippen LogP contribution is 1.86. The number of rotatable bonds is 1. The lowest BCUT2D eigenvalue weighted by atomic mass is 10.5. The first-order chi connectivity index (χ1) is 4.09. The molecule has 4 nitrogen and oxygen atoms in total. The van der Waals surface area contributed by atoms with Gasteiger partial charge in [0.1, 0.15) is 6.73 Å². The lowest BCUT2D eigenvalue weighted by molar-refractivity contribution is -0.146. The molecule has 0 saturated carbocycles. The third kappa shape index (κ3) is 2.23. The first-order valence-electron chi connectivity index (χ1n) is 2.49. The summed E-state index contributed by atoms with van der Waals surface area (Å²) < 4.78 is 0. The largest absolute Gasteiger partial charge is 0.376 e. The molecule has 0 aromatic heterocycles. The Morgan fingerprint density at radius 1 is 1.33 bits per heavy atom. The quantitative estimate of drug-likeness (QED) is 0.480.